The van der Waals surface area contributed by atoms with Gasteiger partial charge in [-0.3, -0.25) is 4.55 Å². The van der Waals surface area contributed by atoms with Gasteiger partial charge in [0.25, 0.3) is 15.6 Å². The lowest BCUT2D eigenvalue weighted by atomic mass is 10.1. The summed E-state index contributed by atoms with van der Waals surface area (Å²) in [6, 6.07) is 17.2. The molecule has 0 spiro atoms. The molecule has 0 fully saturated rings. The molecule has 45 heavy (non-hydrogen) atoms. The van der Waals surface area contributed by atoms with Crippen LogP contribution in [0, 0.1) is 0 Å². The molecule has 0 amide bonds. The van der Waals surface area contributed by atoms with E-state index in [9.17, 15) is 25.9 Å². The molecule has 14 heteroatoms. The van der Waals surface area contributed by atoms with E-state index < -0.39 is 26.0 Å². The van der Waals surface area contributed by atoms with Gasteiger partial charge in [-0.2, -0.15) is 13.0 Å². The number of aryl methyl sites for hydroxylation is 1. The van der Waals surface area contributed by atoms with Crippen LogP contribution in [0.25, 0.3) is 21.9 Å². The van der Waals surface area contributed by atoms with E-state index in [4.69, 9.17) is 16.0 Å². The molecule has 1 aliphatic heterocycles. The highest BCUT2D eigenvalue weighted by molar-refractivity contribution is 8.00. The summed E-state index contributed by atoms with van der Waals surface area (Å²) in [6.07, 6.45) is 0.761. The van der Waals surface area contributed by atoms with Crippen molar-refractivity contribution in [1.82, 2.24) is 4.90 Å². The van der Waals surface area contributed by atoms with Gasteiger partial charge in [0.15, 0.2) is 6.54 Å². The summed E-state index contributed by atoms with van der Waals surface area (Å²) in [7, 11) is -8.47. The highest BCUT2D eigenvalue weighted by atomic mass is 35.5. The highest BCUT2D eigenvalue weighted by Crippen LogP contribution is 2.45. The Balaban J connectivity index is 0.000000591. The van der Waals surface area contributed by atoms with Crippen LogP contribution in [0.15, 0.2) is 63.9 Å². The van der Waals surface area contributed by atoms with Crippen LogP contribution in [-0.2, 0) is 33.2 Å². The van der Waals surface area contributed by atoms with Gasteiger partial charge in [-0.1, -0.05) is 68.4 Å². The zero-order chi connectivity index (χ0) is 32.8. The summed E-state index contributed by atoms with van der Waals surface area (Å²) < 4.78 is 74.0. The summed E-state index contributed by atoms with van der Waals surface area (Å²) in [6.45, 7) is 10.8. The number of halogens is 1. The van der Waals surface area contributed by atoms with E-state index in [2.05, 4.69) is 30.6 Å². The van der Waals surface area contributed by atoms with Crippen LogP contribution >= 0.6 is 23.4 Å². The fourth-order valence-electron chi connectivity index (χ4n) is 5.52. The molecular weight excluding hydrogens is 658 g/mol. The molecule has 0 bridgehead atoms. The average Bonchev–Trinajstić information content (AvgIpc) is 3.50. The maximum atomic E-state index is 11.3. The van der Waals surface area contributed by atoms with Crippen LogP contribution < -0.4 is 9.47 Å². The molecule has 1 atom stereocenters. The molecule has 3 aromatic carbocycles. The van der Waals surface area contributed by atoms with Gasteiger partial charge in [-0.05, 0) is 61.8 Å². The third-order valence-corrected chi connectivity index (χ3v) is 10.9. The minimum Gasteiger partial charge on any atom is -0.748 e. The van der Waals surface area contributed by atoms with Gasteiger partial charge in [0.2, 0.25) is 5.58 Å². The first-order valence-electron chi connectivity index (χ1n) is 15.0. The highest BCUT2D eigenvalue weighted by Gasteiger charge is 2.35. The number of benzene rings is 3. The third kappa shape index (κ3) is 9.57. The second-order valence-electron chi connectivity index (χ2n) is 10.7. The molecule has 2 heterocycles. The number of hydrogen-bond acceptors (Lipinski definition) is 9. The maximum absolute atomic E-state index is 11.3. The van der Waals surface area contributed by atoms with Crippen molar-refractivity contribution in [3.8, 4) is 0 Å². The molecule has 5 rings (SSSR count). The Morgan fingerprint density at radius 1 is 1.00 bits per heavy atom. The van der Waals surface area contributed by atoms with Gasteiger partial charge in [-0.15, -0.1) is 0 Å². The van der Waals surface area contributed by atoms with E-state index in [-0.39, 0.29) is 30.5 Å². The predicted octanol–water partition coefficient (Wildman–Crippen LogP) is 5.57. The number of rotatable bonds is 13. The van der Waals surface area contributed by atoms with Crippen LogP contribution in [0.2, 0.25) is 5.02 Å². The zero-order valence-electron chi connectivity index (χ0n) is 25.7. The monoisotopic (exact) mass is 697 g/mol. The Morgan fingerprint density at radius 2 is 1.71 bits per heavy atom. The van der Waals surface area contributed by atoms with E-state index in [0.29, 0.717) is 29.5 Å². The van der Waals surface area contributed by atoms with E-state index in [1.165, 1.54) is 19.6 Å². The molecule has 4 aromatic rings. The lowest BCUT2D eigenvalue weighted by Gasteiger charge is -2.25. The summed E-state index contributed by atoms with van der Waals surface area (Å²) >= 11 is 7.85. The topological polar surface area (TPSA) is 135 Å². The van der Waals surface area contributed by atoms with Gasteiger partial charge in [0.1, 0.15) is 6.42 Å². The number of aromatic nitrogens is 1. The van der Waals surface area contributed by atoms with E-state index in [1.807, 2.05) is 53.1 Å². The largest absolute Gasteiger partial charge is 0.748 e. The van der Waals surface area contributed by atoms with Crippen LogP contribution in [0.4, 0.5) is 5.69 Å². The lowest BCUT2D eigenvalue weighted by Crippen LogP contribution is -2.41. The van der Waals surface area contributed by atoms with Gasteiger partial charge < -0.3 is 18.8 Å². The van der Waals surface area contributed by atoms with Gasteiger partial charge in [0.05, 0.1) is 32.3 Å². The van der Waals surface area contributed by atoms with Gasteiger partial charge >= 0.3 is 5.89 Å². The average molecular weight is 698 g/mol. The number of hydrogen-bond donors (Lipinski definition) is 1. The van der Waals surface area contributed by atoms with Crippen molar-refractivity contribution in [3.05, 3.63) is 65.5 Å². The fraction of sp³-hybridized carbons (Fsp3) is 0.452. The summed E-state index contributed by atoms with van der Waals surface area (Å²) in [5.74, 6) is -0.242. The molecule has 1 unspecified atom stereocenters. The molecule has 1 aromatic heterocycles. The Bertz CT molecular complexity index is 1820. The van der Waals surface area contributed by atoms with Crippen molar-refractivity contribution in [2.75, 3.05) is 42.6 Å². The third-order valence-electron chi connectivity index (χ3n) is 7.77. The SMILES string of the molecule is CCN(CC)CC.O=S(=O)([O-])CCC[n+]1c(CC2Sc3ccc(Cl)cc3N2CCCS(=O)(=O)O)oc2ccc3ccccc3c21. The molecule has 0 saturated heterocycles. The Morgan fingerprint density at radius 3 is 2.36 bits per heavy atom. The van der Waals surface area contributed by atoms with Crippen molar-refractivity contribution >= 4 is 71.2 Å². The van der Waals surface area contributed by atoms with Crippen LogP contribution in [0.1, 0.15) is 39.5 Å². The van der Waals surface area contributed by atoms with Gasteiger partial charge in [-0.25, -0.2) is 8.42 Å². The van der Waals surface area contributed by atoms with Crippen LogP contribution in [0.3, 0.4) is 0 Å². The number of anilines is 1. The predicted molar refractivity (Wildman–Crippen MR) is 180 cm³/mol. The molecular formula is C31H40ClN3O7S3. The number of fused-ring (bicyclic) bond motifs is 4. The van der Waals surface area contributed by atoms with Crippen molar-refractivity contribution in [2.45, 2.75) is 56.8 Å². The second-order valence-corrected chi connectivity index (χ2v) is 15.5. The zero-order valence-corrected chi connectivity index (χ0v) is 28.9. The molecule has 1 aliphatic rings. The fourth-order valence-corrected chi connectivity index (χ4v) is 7.98. The van der Waals surface area contributed by atoms with E-state index in [0.717, 1.165) is 26.9 Å². The van der Waals surface area contributed by atoms with Gasteiger partial charge in [0, 0.05) is 28.6 Å². The lowest BCUT2D eigenvalue weighted by molar-refractivity contribution is -0.683. The Kier molecular flexibility index (Phi) is 12.2. The minimum absolute atomic E-state index is 0.132. The standard InChI is InChI=1S/C25H25ClN2O7S3.C6H15N/c26-18-8-10-22-20(15-18)27(11-3-13-37(29,30)31)24(36-22)16-23-28(12-4-14-38(32,33)34)25-19-6-2-1-5-17(19)7-9-21(25)35-23;1-4-7(5-2)6-3/h1-2,5-10,15,24H,3-4,11-14,16H2,(H-,29,30,31,32,33,34);4-6H2,1-3H3. The summed E-state index contributed by atoms with van der Waals surface area (Å²) in [5, 5.41) is 2.32. The van der Waals surface area contributed by atoms with Crippen molar-refractivity contribution in [3.63, 3.8) is 0 Å². The molecule has 246 valence electrons. The molecule has 0 radical (unpaired) electrons. The first-order chi connectivity index (χ1) is 21.3. The molecule has 10 nitrogen and oxygen atoms in total. The van der Waals surface area contributed by atoms with E-state index >= 15 is 0 Å². The molecule has 0 aliphatic carbocycles. The number of oxazole rings is 1. The maximum Gasteiger partial charge on any atom is 0.351 e. The Labute approximate surface area is 274 Å². The normalized spacial score (nSPS) is 15.1. The van der Waals surface area contributed by atoms with Crippen molar-refractivity contribution in [2.24, 2.45) is 0 Å². The molecule has 0 saturated carbocycles. The quantitative estimate of drug-likeness (QED) is 0.140. The van der Waals surface area contributed by atoms with Crippen molar-refractivity contribution < 1.29 is 34.9 Å². The smallest absolute Gasteiger partial charge is 0.351 e. The summed E-state index contributed by atoms with van der Waals surface area (Å²) in [4.78, 5) is 5.41. The minimum atomic E-state index is -4.37. The number of nitrogens with zero attached hydrogens (tertiary/aromatic N) is 3. The molecule has 1 N–H and O–H groups in total. The first-order valence-corrected chi connectivity index (χ1v) is 19.4. The van der Waals surface area contributed by atoms with E-state index in [1.54, 1.807) is 17.8 Å². The number of thioether (sulfide) groups is 1. The van der Waals surface area contributed by atoms with Crippen LogP contribution in [0.5, 0.6) is 0 Å². The van der Waals surface area contributed by atoms with Crippen molar-refractivity contribution in [1.29, 1.82) is 0 Å². The summed E-state index contributed by atoms with van der Waals surface area (Å²) in [5.41, 5.74) is 2.33. The first kappa shape index (κ1) is 35.5. The van der Waals surface area contributed by atoms with Crippen LogP contribution in [-0.4, -0.2) is 73.9 Å². The second kappa shape index (κ2) is 15.5. The Hall–Kier alpha value is -2.39.